The van der Waals surface area contributed by atoms with Gasteiger partial charge < -0.3 is 0 Å². The fourth-order valence-electron chi connectivity index (χ4n) is 0.356. The van der Waals surface area contributed by atoms with Crippen LogP contribution in [0.4, 0.5) is 0 Å². The first-order valence-corrected chi connectivity index (χ1v) is 1.82. The predicted molar refractivity (Wildman–Crippen MR) is 24.4 cm³/mol. The molecule has 4 heteroatoms. The number of carbonyl (C=O) groups is 2. The van der Waals surface area contributed by atoms with Gasteiger partial charge in [-0.3, -0.25) is 14.9 Å². The highest BCUT2D eigenvalue weighted by Crippen LogP contribution is 1.82. The van der Waals surface area contributed by atoms with Crippen molar-refractivity contribution in [3.63, 3.8) is 0 Å². The highest BCUT2D eigenvalue weighted by atomic mass is 16.2. The Kier molecular flexibility index (Phi) is 1.90. The molecule has 8 heavy (non-hydrogen) atoms. The molecular formula is C4H3N2O2. The summed E-state index contributed by atoms with van der Waals surface area (Å²) < 4.78 is 0. The fourth-order valence-corrected chi connectivity index (χ4v) is 0.356. The highest BCUT2D eigenvalue weighted by molar-refractivity contribution is 6.12. The van der Waals surface area contributed by atoms with E-state index in [4.69, 9.17) is 0 Å². The molecule has 4 nitrogen and oxygen atoms in total. The number of nitrogens with one attached hydrogen (secondary N) is 1. The minimum atomic E-state index is -0.329. The van der Waals surface area contributed by atoms with Crippen LogP contribution in [0.25, 0.3) is 0 Å². The average Bonchev–Trinajstić information content (AvgIpc) is 1.87. The van der Waals surface area contributed by atoms with Gasteiger partial charge in [-0.2, -0.15) is 0 Å². The topological polar surface area (TPSA) is 76.7 Å². The van der Waals surface area contributed by atoms with E-state index in [9.17, 15) is 9.59 Å². The van der Waals surface area contributed by atoms with E-state index in [2.05, 4.69) is 0 Å². The van der Waals surface area contributed by atoms with Crippen LogP contribution >= 0.6 is 0 Å². The lowest BCUT2D eigenvalue weighted by atomic mass is 10.6. The molecule has 1 N–H and O–H groups in total. The maximum atomic E-state index is 10.0. The molecule has 0 saturated carbocycles. The Morgan fingerprint density at radius 1 is 1.12 bits per heavy atom. The summed E-state index contributed by atoms with van der Waals surface area (Å²) in [5, 5.41) is 2.03. The van der Waals surface area contributed by atoms with Gasteiger partial charge in [0.05, 0.1) is 0 Å². The molecule has 1 aliphatic heterocycles. The third kappa shape index (κ3) is 1.16. The van der Waals surface area contributed by atoms with Crippen molar-refractivity contribution in [3.8, 4) is 0 Å². The van der Waals surface area contributed by atoms with E-state index in [1.165, 1.54) is 12.2 Å². The molecule has 0 aliphatic carbocycles. The Bertz CT molecular complexity index is 134. The maximum absolute atomic E-state index is 10.0. The smallest absolute Gasteiger partial charge is 0.250 e. The lowest BCUT2D eigenvalue weighted by molar-refractivity contribution is -0.123. The Morgan fingerprint density at radius 2 is 1.50 bits per heavy atom. The van der Waals surface area contributed by atoms with E-state index in [0.29, 0.717) is 0 Å². The van der Waals surface area contributed by atoms with Gasteiger partial charge >= 0.3 is 0 Å². The molecule has 0 fully saturated rings. The summed E-state index contributed by atoms with van der Waals surface area (Å²) in [7, 11) is 0. The number of nitrogens with zero attached hydrogens (tertiary/aromatic N) is 1. The molecule has 0 saturated heterocycles. The summed E-state index contributed by atoms with van der Waals surface area (Å²) >= 11 is 0. The second-order valence-corrected chi connectivity index (χ2v) is 1.19. The zero-order valence-corrected chi connectivity index (χ0v) is 3.92. The Morgan fingerprint density at radius 3 is 1.62 bits per heavy atom. The van der Waals surface area contributed by atoms with Crippen molar-refractivity contribution in [1.29, 1.82) is 0 Å². The molecule has 1 aliphatic rings. The summed E-state index contributed by atoms with van der Waals surface area (Å²) in [6.07, 6.45) is 2.39. The van der Waals surface area contributed by atoms with Gasteiger partial charge in [-0.1, -0.05) is 0 Å². The third-order valence-electron chi connectivity index (χ3n) is 0.632. The van der Waals surface area contributed by atoms with E-state index in [1.54, 1.807) is 0 Å². The second-order valence-electron chi connectivity index (χ2n) is 1.19. The van der Waals surface area contributed by atoms with Gasteiger partial charge in [0.2, 0.25) is 0 Å². The minimum Gasteiger partial charge on any atom is -0.289 e. The quantitative estimate of drug-likeness (QED) is 0.395. The van der Waals surface area contributed by atoms with Crippen molar-refractivity contribution in [2.24, 2.45) is 0 Å². The van der Waals surface area contributed by atoms with Gasteiger partial charge in [-0.15, -0.1) is 0 Å². The summed E-state index contributed by atoms with van der Waals surface area (Å²) in [6.45, 7) is 0. The standard InChI is InChI=1S/C4H3NO2.N/c6-3-1-2-4(7)5-3;/h1-2H,(H,5,6,7);. The van der Waals surface area contributed by atoms with Crippen LogP contribution in [-0.2, 0) is 9.59 Å². The lowest BCUT2D eigenvalue weighted by Gasteiger charge is -1.80. The van der Waals surface area contributed by atoms with Crippen molar-refractivity contribution in [2.75, 3.05) is 0 Å². The number of hydrogen-bond acceptors (Lipinski definition) is 2. The van der Waals surface area contributed by atoms with Crippen molar-refractivity contribution in [1.82, 2.24) is 11.5 Å². The van der Waals surface area contributed by atoms with Crippen LogP contribution < -0.4 is 11.5 Å². The molecular weight excluding hydrogens is 108 g/mol. The summed E-state index contributed by atoms with van der Waals surface area (Å²) in [6, 6.07) is 0. The molecule has 0 bridgehead atoms. The monoisotopic (exact) mass is 111 g/mol. The van der Waals surface area contributed by atoms with Crippen molar-refractivity contribution < 1.29 is 9.59 Å². The zero-order chi connectivity index (χ0) is 5.28. The van der Waals surface area contributed by atoms with E-state index >= 15 is 0 Å². The van der Waals surface area contributed by atoms with Gasteiger partial charge in [-0.05, 0) is 0 Å². The number of imide groups is 1. The first kappa shape index (κ1) is 6.84. The van der Waals surface area contributed by atoms with E-state index < -0.39 is 0 Å². The van der Waals surface area contributed by atoms with Crippen LogP contribution in [0.3, 0.4) is 0 Å². The molecule has 0 aromatic heterocycles. The average molecular weight is 111 g/mol. The van der Waals surface area contributed by atoms with Gasteiger partial charge in [0.25, 0.3) is 11.8 Å². The number of hydrogen-bond donors (Lipinski definition) is 1. The Balaban J connectivity index is 0.000000490. The maximum Gasteiger partial charge on any atom is 0.250 e. The summed E-state index contributed by atoms with van der Waals surface area (Å²) in [4.78, 5) is 20.1. The number of amides is 2. The van der Waals surface area contributed by atoms with Crippen molar-refractivity contribution in [2.45, 2.75) is 0 Å². The van der Waals surface area contributed by atoms with Crippen molar-refractivity contribution in [3.05, 3.63) is 12.2 Å². The zero-order valence-electron chi connectivity index (χ0n) is 3.92. The first-order valence-electron chi connectivity index (χ1n) is 1.82. The van der Waals surface area contributed by atoms with Gasteiger partial charge in [0.15, 0.2) is 0 Å². The molecule has 0 aromatic rings. The molecule has 3 radical (unpaired) electrons. The minimum absolute atomic E-state index is 0. The molecule has 1 heterocycles. The normalized spacial score (nSPS) is 15.5. The summed E-state index contributed by atoms with van der Waals surface area (Å²) in [5.41, 5.74) is 0. The van der Waals surface area contributed by atoms with Gasteiger partial charge in [-0.25, -0.2) is 0 Å². The van der Waals surface area contributed by atoms with Gasteiger partial charge in [0.1, 0.15) is 0 Å². The number of carbonyl (C=O) groups excluding carboxylic acids is 2. The summed E-state index contributed by atoms with van der Waals surface area (Å²) in [5.74, 6) is -0.657. The van der Waals surface area contributed by atoms with E-state index in [0.717, 1.165) is 0 Å². The lowest BCUT2D eigenvalue weighted by Crippen LogP contribution is -2.19. The Hall–Kier alpha value is -1.16. The van der Waals surface area contributed by atoms with Crippen LogP contribution in [0.1, 0.15) is 0 Å². The van der Waals surface area contributed by atoms with Gasteiger partial charge in [0, 0.05) is 18.3 Å². The van der Waals surface area contributed by atoms with E-state index in [-0.39, 0.29) is 18.0 Å². The van der Waals surface area contributed by atoms with Crippen molar-refractivity contribution >= 4 is 11.8 Å². The molecule has 1 rings (SSSR count). The third-order valence-corrected chi connectivity index (χ3v) is 0.632. The van der Waals surface area contributed by atoms with E-state index in [1.807, 2.05) is 5.32 Å². The molecule has 41 valence electrons. The Labute approximate surface area is 46.1 Å². The van der Waals surface area contributed by atoms with Crippen LogP contribution in [0.5, 0.6) is 0 Å². The van der Waals surface area contributed by atoms with Crippen LogP contribution in [0, 0.1) is 0 Å². The fraction of sp³-hybridized carbons (Fsp3) is 0. The first-order chi connectivity index (χ1) is 3.29. The second kappa shape index (κ2) is 2.23. The largest absolute Gasteiger partial charge is 0.289 e. The highest BCUT2D eigenvalue weighted by Gasteiger charge is 2.06. The van der Waals surface area contributed by atoms with Crippen LogP contribution in [-0.4, -0.2) is 11.8 Å². The molecule has 0 spiro atoms. The molecule has 0 aromatic carbocycles. The van der Waals surface area contributed by atoms with Crippen LogP contribution in [0.15, 0.2) is 12.2 Å². The van der Waals surface area contributed by atoms with Crippen LogP contribution in [0.2, 0.25) is 0 Å². The SMILES string of the molecule is O=C1C=CC(=O)N1.[N]. The molecule has 2 amide bonds. The molecule has 0 atom stereocenters. The number of rotatable bonds is 0. The predicted octanol–water partition coefficient (Wildman–Crippen LogP) is -1.28. The molecule has 0 unspecified atom stereocenters.